The Bertz CT molecular complexity index is 1890. The van der Waals surface area contributed by atoms with Crippen LogP contribution in [0.15, 0.2) is 60.9 Å². The van der Waals surface area contributed by atoms with Gasteiger partial charge in [0.25, 0.3) is 0 Å². The van der Waals surface area contributed by atoms with E-state index in [1.807, 2.05) is 0 Å². The average Bonchev–Trinajstić information content (AvgIpc) is 3.80. The smallest absolute Gasteiger partial charge is 0.286 e. The molecule has 220 valence electrons. The molecule has 4 aromatic heterocycles. The molecule has 2 aromatic carbocycles. The van der Waals surface area contributed by atoms with Crippen molar-refractivity contribution in [3.63, 3.8) is 0 Å². The Morgan fingerprint density at radius 1 is 0.500 bits per heavy atom. The van der Waals surface area contributed by atoms with Gasteiger partial charge in [0, 0.05) is 23.5 Å². The summed E-state index contributed by atoms with van der Waals surface area (Å²) in [5, 5.41) is 1.63. The van der Waals surface area contributed by atoms with E-state index in [-0.39, 0.29) is 21.1 Å². The monoisotopic (exact) mass is 676 g/mol. The molecule has 4 heterocycles. The molecule has 0 atom stereocenters. The number of carbonyl (C=O) groups is 2. The van der Waals surface area contributed by atoms with E-state index in [0.717, 1.165) is 46.9 Å². The zero-order chi connectivity index (χ0) is 31.0. The Morgan fingerprint density at radius 3 is 1.20 bits per heavy atom. The van der Waals surface area contributed by atoms with Crippen molar-refractivity contribution in [2.24, 2.45) is 0 Å². The molecule has 0 unspecified atom stereocenters. The highest BCUT2D eigenvalue weighted by molar-refractivity contribution is 7.25. The number of aromatic nitrogens is 4. The van der Waals surface area contributed by atoms with E-state index in [1.165, 1.54) is 59.3 Å². The van der Waals surface area contributed by atoms with E-state index in [1.54, 1.807) is 0 Å². The molecule has 0 saturated carbocycles. The first-order valence-electron chi connectivity index (χ1n) is 12.3. The Hall–Kier alpha value is -4.12. The maximum atomic E-state index is 13.4. The second-order valence-corrected chi connectivity index (χ2v) is 13.3. The third-order valence-electron chi connectivity index (χ3n) is 6.45. The molecular formula is C28H10F6N4O2S4. The lowest BCUT2D eigenvalue weighted by molar-refractivity contribution is -0.138. The van der Waals surface area contributed by atoms with E-state index in [0.29, 0.717) is 40.9 Å². The van der Waals surface area contributed by atoms with Gasteiger partial charge in [0.15, 0.2) is 0 Å². The molecule has 0 saturated heterocycles. The van der Waals surface area contributed by atoms with E-state index < -0.39 is 35.0 Å². The largest absolute Gasteiger partial charge is 0.416 e. The van der Waals surface area contributed by atoms with E-state index >= 15 is 0 Å². The van der Waals surface area contributed by atoms with Crippen LogP contribution >= 0.6 is 45.3 Å². The summed E-state index contributed by atoms with van der Waals surface area (Å²) in [7, 11) is 0. The zero-order valence-electron chi connectivity index (χ0n) is 21.3. The molecule has 0 amide bonds. The van der Waals surface area contributed by atoms with Gasteiger partial charge in [-0.25, -0.2) is 19.9 Å². The van der Waals surface area contributed by atoms with Crippen molar-refractivity contribution in [1.82, 2.24) is 19.9 Å². The second kappa shape index (κ2) is 10.2. The summed E-state index contributed by atoms with van der Waals surface area (Å²) in [6.07, 6.45) is -5.94. The van der Waals surface area contributed by atoms with Crippen molar-refractivity contribution >= 4 is 56.9 Å². The molecule has 1 aliphatic carbocycles. The lowest BCUT2D eigenvalue weighted by atomic mass is 10.0. The number of alkyl halides is 6. The molecule has 16 heteroatoms. The predicted octanol–water partition coefficient (Wildman–Crippen LogP) is 8.99. The highest BCUT2D eigenvalue weighted by Crippen LogP contribution is 2.43. The predicted molar refractivity (Wildman–Crippen MR) is 154 cm³/mol. The fraction of sp³-hybridized carbons (Fsp3) is 0.0714. The van der Waals surface area contributed by atoms with Crippen LogP contribution in [0.25, 0.3) is 40.9 Å². The quantitative estimate of drug-likeness (QED) is 0.173. The van der Waals surface area contributed by atoms with Crippen molar-refractivity contribution in [1.29, 1.82) is 0 Å². The van der Waals surface area contributed by atoms with Gasteiger partial charge in [-0.1, -0.05) is 24.3 Å². The number of halogens is 6. The van der Waals surface area contributed by atoms with Gasteiger partial charge in [-0.15, -0.1) is 45.3 Å². The van der Waals surface area contributed by atoms with Crippen LogP contribution in [0.5, 0.6) is 0 Å². The maximum absolute atomic E-state index is 13.4. The molecule has 7 rings (SSSR count). The summed E-state index contributed by atoms with van der Waals surface area (Å²) in [6.45, 7) is 0. The van der Waals surface area contributed by atoms with Crippen LogP contribution in [0.1, 0.15) is 41.9 Å². The Labute approximate surface area is 258 Å². The van der Waals surface area contributed by atoms with Gasteiger partial charge in [0.05, 0.1) is 20.9 Å². The number of hydrogen-bond donors (Lipinski definition) is 0. The Morgan fingerprint density at radius 2 is 0.864 bits per heavy atom. The van der Waals surface area contributed by atoms with Crippen molar-refractivity contribution < 1.29 is 35.9 Å². The van der Waals surface area contributed by atoms with Crippen molar-refractivity contribution in [3.05, 3.63) is 93.2 Å². The lowest BCUT2D eigenvalue weighted by Gasteiger charge is -2.06. The molecule has 0 bridgehead atoms. The standard InChI is InChI=1S/C28H10F6N4O2S4/c29-27(30,31)13-5-1-11(2-6-13)23-35-9-15(41-23)25-37-17-19(39)22-18(20(40)21(17)43-25)38-26(44-22)16-10-36-24(42-16)12-3-7-14(8-4-12)28(32,33)34/h1-10H. The number of nitrogens with zero attached hydrogens (tertiary/aromatic N) is 4. The second-order valence-electron chi connectivity index (χ2n) is 9.26. The summed E-state index contributed by atoms with van der Waals surface area (Å²) >= 11 is 4.33. The summed E-state index contributed by atoms with van der Waals surface area (Å²) < 4.78 is 77.4. The van der Waals surface area contributed by atoms with Gasteiger partial charge in [0.2, 0.25) is 11.6 Å². The molecule has 0 aliphatic heterocycles. The van der Waals surface area contributed by atoms with Gasteiger partial charge in [0.1, 0.15) is 41.2 Å². The minimum atomic E-state index is -4.46. The summed E-state index contributed by atoms with van der Waals surface area (Å²) in [5.74, 6) is -0.943. The minimum Gasteiger partial charge on any atom is -0.286 e. The third-order valence-corrected chi connectivity index (χ3v) is 11.0. The number of carbonyl (C=O) groups excluding carboxylic acids is 2. The zero-order valence-corrected chi connectivity index (χ0v) is 24.5. The molecule has 44 heavy (non-hydrogen) atoms. The van der Waals surface area contributed by atoms with E-state index in [4.69, 9.17) is 0 Å². The fourth-order valence-electron chi connectivity index (χ4n) is 4.30. The molecule has 6 aromatic rings. The van der Waals surface area contributed by atoms with Crippen LogP contribution in [0, 0.1) is 0 Å². The van der Waals surface area contributed by atoms with Crippen LogP contribution < -0.4 is 0 Å². The Balaban J connectivity index is 1.14. The first-order valence-corrected chi connectivity index (χ1v) is 15.5. The number of benzene rings is 2. The van der Waals surface area contributed by atoms with Gasteiger partial charge in [-0.2, -0.15) is 26.3 Å². The highest BCUT2D eigenvalue weighted by atomic mass is 32.1. The number of fused-ring (bicyclic) bond motifs is 2. The van der Waals surface area contributed by atoms with Crippen LogP contribution in [-0.2, 0) is 12.4 Å². The minimum absolute atomic E-state index is 0.0167. The van der Waals surface area contributed by atoms with Crippen molar-refractivity contribution in [3.8, 4) is 40.9 Å². The van der Waals surface area contributed by atoms with E-state index in [9.17, 15) is 35.9 Å². The number of thiazole rings is 4. The summed E-state index contributed by atoms with van der Waals surface area (Å²) in [6, 6.07) is 9.16. The maximum Gasteiger partial charge on any atom is 0.416 e. The van der Waals surface area contributed by atoms with Crippen LogP contribution in [-0.4, -0.2) is 31.5 Å². The molecular weight excluding hydrogens is 667 g/mol. The highest BCUT2D eigenvalue weighted by Gasteiger charge is 2.38. The average molecular weight is 677 g/mol. The molecule has 0 radical (unpaired) electrons. The first kappa shape index (κ1) is 28.6. The third kappa shape index (κ3) is 4.96. The molecule has 0 spiro atoms. The molecule has 0 fully saturated rings. The van der Waals surface area contributed by atoms with Gasteiger partial charge in [-0.05, 0) is 24.3 Å². The Kier molecular flexibility index (Phi) is 6.65. The van der Waals surface area contributed by atoms with Gasteiger partial charge < -0.3 is 0 Å². The number of ketones is 2. The van der Waals surface area contributed by atoms with Gasteiger partial charge >= 0.3 is 12.4 Å². The normalized spacial score (nSPS) is 13.3. The van der Waals surface area contributed by atoms with Crippen molar-refractivity contribution in [2.75, 3.05) is 0 Å². The van der Waals surface area contributed by atoms with Crippen molar-refractivity contribution in [2.45, 2.75) is 12.4 Å². The van der Waals surface area contributed by atoms with Crippen LogP contribution in [0.4, 0.5) is 26.3 Å². The fourth-order valence-corrected chi connectivity index (χ4v) is 8.23. The number of rotatable bonds is 4. The summed E-state index contributed by atoms with van der Waals surface area (Å²) in [5.41, 5.74) is -0.630. The van der Waals surface area contributed by atoms with Crippen LogP contribution in [0.3, 0.4) is 0 Å². The molecule has 1 aliphatic rings. The first-order chi connectivity index (χ1) is 20.9. The van der Waals surface area contributed by atoms with E-state index in [2.05, 4.69) is 19.9 Å². The molecule has 6 nitrogen and oxygen atoms in total. The topological polar surface area (TPSA) is 85.7 Å². The summed E-state index contributed by atoms with van der Waals surface area (Å²) in [4.78, 5) is 45.5. The lowest BCUT2D eigenvalue weighted by Crippen LogP contribution is -2.18. The molecule has 0 N–H and O–H groups in total. The van der Waals surface area contributed by atoms with Gasteiger partial charge in [-0.3, -0.25) is 9.59 Å². The van der Waals surface area contributed by atoms with Crippen LogP contribution in [0.2, 0.25) is 0 Å². The number of hydrogen-bond acceptors (Lipinski definition) is 10. The SMILES string of the molecule is O=C1c2nc(-c3cnc(-c4ccc(C(F)(F)F)cc4)s3)sc2C(=O)c2nc(-c3cnc(-c4ccc(C(F)(F)F)cc4)s3)sc21.